The van der Waals surface area contributed by atoms with E-state index < -0.39 is 0 Å². The van der Waals surface area contributed by atoms with E-state index in [1.54, 1.807) is 47.1 Å². The maximum absolute atomic E-state index is 12.3. The lowest BCUT2D eigenvalue weighted by Crippen LogP contribution is -2.26. The van der Waals surface area contributed by atoms with Crippen LogP contribution in [0.25, 0.3) is 0 Å². The molecule has 2 aromatic heterocycles. The van der Waals surface area contributed by atoms with Gasteiger partial charge in [0.2, 0.25) is 0 Å². The summed E-state index contributed by atoms with van der Waals surface area (Å²) in [4.78, 5) is 23.3. The van der Waals surface area contributed by atoms with Crippen molar-refractivity contribution in [1.29, 1.82) is 0 Å². The summed E-state index contributed by atoms with van der Waals surface area (Å²) < 4.78 is 0. The fraction of sp³-hybridized carbons (Fsp3) is 0.308. The third-order valence-corrected chi connectivity index (χ3v) is 3.76. The summed E-state index contributed by atoms with van der Waals surface area (Å²) in [7, 11) is 1.78. The quantitative estimate of drug-likeness (QED) is 0.920. The van der Waals surface area contributed by atoms with Gasteiger partial charge in [0.15, 0.2) is 0 Å². The van der Waals surface area contributed by atoms with Crippen molar-refractivity contribution in [2.75, 3.05) is 7.05 Å². The summed E-state index contributed by atoms with van der Waals surface area (Å²) in [5.74, 6) is -0.0371. The molecule has 2 heterocycles. The SMILES string of the molecule is Cc1ncsc1CN(C)C(=O)c1ccnc(CN)c1.Cl.Cl. The number of nitrogens with two attached hydrogens (primary N) is 1. The summed E-state index contributed by atoms with van der Waals surface area (Å²) in [5.41, 5.74) is 9.63. The van der Waals surface area contributed by atoms with Crippen molar-refractivity contribution < 1.29 is 4.79 Å². The van der Waals surface area contributed by atoms with Gasteiger partial charge in [-0.3, -0.25) is 9.78 Å². The van der Waals surface area contributed by atoms with E-state index in [0.29, 0.717) is 24.3 Å². The van der Waals surface area contributed by atoms with Crippen molar-refractivity contribution in [1.82, 2.24) is 14.9 Å². The number of hydrogen-bond donors (Lipinski definition) is 1. The lowest BCUT2D eigenvalue weighted by Gasteiger charge is -2.16. The van der Waals surface area contributed by atoms with Gasteiger partial charge < -0.3 is 10.6 Å². The van der Waals surface area contributed by atoms with E-state index >= 15 is 0 Å². The van der Waals surface area contributed by atoms with Crippen LogP contribution in [0.5, 0.6) is 0 Å². The third-order valence-electron chi connectivity index (χ3n) is 2.84. The molecule has 0 bridgehead atoms. The molecule has 2 rings (SSSR count). The lowest BCUT2D eigenvalue weighted by atomic mass is 10.2. The van der Waals surface area contributed by atoms with Crippen LogP contribution in [0.4, 0.5) is 0 Å². The largest absolute Gasteiger partial charge is 0.336 e. The van der Waals surface area contributed by atoms with Crippen molar-refractivity contribution in [3.05, 3.63) is 45.7 Å². The highest BCUT2D eigenvalue weighted by atomic mass is 35.5. The molecule has 0 aliphatic heterocycles. The summed E-state index contributed by atoms with van der Waals surface area (Å²) in [6.45, 7) is 2.84. The number of nitrogens with zero attached hydrogens (tertiary/aromatic N) is 3. The molecule has 0 aliphatic carbocycles. The van der Waals surface area contributed by atoms with E-state index in [4.69, 9.17) is 5.73 Å². The standard InChI is InChI=1S/C13H16N4OS.2ClH/c1-9-12(19-8-16-9)7-17(2)13(18)10-3-4-15-11(5-10)6-14;;/h3-5,8H,6-7,14H2,1-2H3;2*1H. The van der Waals surface area contributed by atoms with Crippen LogP contribution in [0, 0.1) is 6.92 Å². The van der Waals surface area contributed by atoms with Crippen LogP contribution in [0.2, 0.25) is 0 Å². The zero-order valence-corrected chi connectivity index (χ0v) is 14.2. The molecular formula is C13H18Cl2N4OS. The summed E-state index contributed by atoms with van der Waals surface area (Å²) in [5, 5.41) is 0. The first kappa shape index (κ1) is 19.8. The monoisotopic (exact) mass is 348 g/mol. The van der Waals surface area contributed by atoms with Gasteiger partial charge in [0.25, 0.3) is 5.91 Å². The highest BCUT2D eigenvalue weighted by Gasteiger charge is 2.14. The summed E-state index contributed by atoms with van der Waals surface area (Å²) in [6, 6.07) is 3.44. The second-order valence-electron chi connectivity index (χ2n) is 4.26. The van der Waals surface area contributed by atoms with Crippen molar-refractivity contribution in [3.63, 3.8) is 0 Å². The normalized spacial score (nSPS) is 9.48. The molecular weight excluding hydrogens is 331 g/mol. The molecule has 0 fully saturated rings. The Kier molecular flexibility index (Phi) is 8.43. The van der Waals surface area contributed by atoms with Gasteiger partial charge in [-0.05, 0) is 19.1 Å². The average molecular weight is 349 g/mol. The molecule has 0 atom stereocenters. The smallest absolute Gasteiger partial charge is 0.254 e. The molecule has 0 radical (unpaired) electrons. The van der Waals surface area contributed by atoms with Crippen molar-refractivity contribution in [2.45, 2.75) is 20.0 Å². The number of halogens is 2. The van der Waals surface area contributed by atoms with E-state index in [2.05, 4.69) is 9.97 Å². The number of aromatic nitrogens is 2. The maximum atomic E-state index is 12.3. The fourth-order valence-electron chi connectivity index (χ4n) is 1.71. The zero-order chi connectivity index (χ0) is 13.8. The van der Waals surface area contributed by atoms with Crippen LogP contribution in [-0.2, 0) is 13.1 Å². The molecule has 0 spiro atoms. The molecule has 5 nitrogen and oxygen atoms in total. The molecule has 2 aromatic rings. The average Bonchev–Trinajstić information content (AvgIpc) is 2.83. The van der Waals surface area contributed by atoms with E-state index in [1.165, 1.54) is 0 Å². The number of amides is 1. The number of rotatable bonds is 4. The van der Waals surface area contributed by atoms with Gasteiger partial charge in [-0.1, -0.05) is 0 Å². The van der Waals surface area contributed by atoms with Gasteiger partial charge in [-0.2, -0.15) is 0 Å². The number of carbonyl (C=O) groups is 1. The first-order valence-corrected chi connectivity index (χ1v) is 6.79. The zero-order valence-electron chi connectivity index (χ0n) is 11.8. The Labute approximate surface area is 140 Å². The molecule has 2 N–H and O–H groups in total. The minimum Gasteiger partial charge on any atom is -0.336 e. The number of aryl methyl sites for hydroxylation is 1. The van der Waals surface area contributed by atoms with Gasteiger partial charge in [-0.25, -0.2) is 4.98 Å². The van der Waals surface area contributed by atoms with Gasteiger partial charge in [0.05, 0.1) is 23.4 Å². The Morgan fingerprint density at radius 2 is 2.10 bits per heavy atom. The topological polar surface area (TPSA) is 72.1 Å². The van der Waals surface area contributed by atoms with Crippen molar-refractivity contribution in [3.8, 4) is 0 Å². The Balaban J connectivity index is 0.00000200. The molecule has 0 saturated carbocycles. The molecule has 0 aliphatic rings. The molecule has 21 heavy (non-hydrogen) atoms. The second kappa shape index (κ2) is 8.94. The lowest BCUT2D eigenvalue weighted by molar-refractivity contribution is 0.0786. The summed E-state index contributed by atoms with van der Waals surface area (Å²) >= 11 is 1.56. The van der Waals surface area contributed by atoms with Crippen LogP contribution in [0.3, 0.4) is 0 Å². The van der Waals surface area contributed by atoms with E-state index in [-0.39, 0.29) is 30.7 Å². The number of carbonyl (C=O) groups excluding carboxylic acids is 1. The first-order chi connectivity index (χ1) is 9.11. The van der Waals surface area contributed by atoms with E-state index in [9.17, 15) is 4.79 Å². The Hall–Kier alpha value is -1.21. The molecule has 0 aromatic carbocycles. The Bertz CT molecular complexity index is 591. The van der Waals surface area contributed by atoms with Crippen molar-refractivity contribution >= 4 is 42.1 Å². The minimum atomic E-state index is -0.0371. The number of hydrogen-bond acceptors (Lipinski definition) is 5. The van der Waals surface area contributed by atoms with E-state index in [0.717, 1.165) is 10.6 Å². The second-order valence-corrected chi connectivity index (χ2v) is 5.20. The van der Waals surface area contributed by atoms with Gasteiger partial charge in [0.1, 0.15) is 0 Å². The van der Waals surface area contributed by atoms with Crippen LogP contribution in [-0.4, -0.2) is 27.8 Å². The Morgan fingerprint density at radius 1 is 1.38 bits per heavy atom. The van der Waals surface area contributed by atoms with Crippen molar-refractivity contribution in [2.24, 2.45) is 5.73 Å². The highest BCUT2D eigenvalue weighted by Crippen LogP contribution is 2.15. The Morgan fingerprint density at radius 3 is 2.67 bits per heavy atom. The fourth-order valence-corrected chi connectivity index (χ4v) is 2.54. The van der Waals surface area contributed by atoms with Gasteiger partial charge in [-0.15, -0.1) is 36.2 Å². The summed E-state index contributed by atoms with van der Waals surface area (Å²) in [6.07, 6.45) is 1.61. The minimum absolute atomic E-state index is 0. The third kappa shape index (κ3) is 4.93. The molecule has 0 unspecified atom stereocenters. The number of pyridine rings is 1. The maximum Gasteiger partial charge on any atom is 0.254 e. The predicted octanol–water partition coefficient (Wildman–Crippen LogP) is 2.42. The van der Waals surface area contributed by atoms with Crippen LogP contribution < -0.4 is 5.73 Å². The van der Waals surface area contributed by atoms with Gasteiger partial charge in [0, 0.05) is 30.2 Å². The van der Waals surface area contributed by atoms with Gasteiger partial charge >= 0.3 is 0 Å². The molecule has 0 saturated heterocycles. The van der Waals surface area contributed by atoms with Crippen LogP contribution >= 0.6 is 36.2 Å². The first-order valence-electron chi connectivity index (χ1n) is 5.91. The van der Waals surface area contributed by atoms with Crippen LogP contribution in [0.15, 0.2) is 23.8 Å². The van der Waals surface area contributed by atoms with Crippen LogP contribution in [0.1, 0.15) is 26.6 Å². The van der Waals surface area contributed by atoms with E-state index in [1.807, 2.05) is 6.92 Å². The molecule has 116 valence electrons. The molecule has 1 amide bonds. The number of thiazole rings is 1. The molecule has 8 heteroatoms. The predicted molar refractivity (Wildman–Crippen MR) is 89.3 cm³/mol. The highest BCUT2D eigenvalue weighted by molar-refractivity contribution is 7.09.